The van der Waals surface area contributed by atoms with Crippen molar-refractivity contribution in [1.29, 1.82) is 0 Å². The lowest BCUT2D eigenvalue weighted by atomic mass is 10.4. The SMILES string of the molecule is C=C(CP(=O)(OCC)C(C)(OCC)OCC)C(=O)OCC. The molecule has 0 bridgehead atoms. The summed E-state index contributed by atoms with van der Waals surface area (Å²) in [5.74, 6) is -0.590. The van der Waals surface area contributed by atoms with Gasteiger partial charge in [0.2, 0.25) is 5.53 Å². The number of hydrogen-bond acceptors (Lipinski definition) is 6. The summed E-state index contributed by atoms with van der Waals surface area (Å²) < 4.78 is 34.5. The first-order valence-electron chi connectivity index (χ1n) is 7.16. The highest BCUT2D eigenvalue weighted by molar-refractivity contribution is 7.60. The molecule has 0 saturated heterocycles. The van der Waals surface area contributed by atoms with Crippen molar-refractivity contribution >= 4 is 13.3 Å². The average molecular weight is 322 g/mol. The third kappa shape index (κ3) is 5.55. The van der Waals surface area contributed by atoms with Crippen LogP contribution in [-0.2, 0) is 28.1 Å². The number of carbonyl (C=O) groups excluding carboxylic acids is 1. The summed E-state index contributed by atoms with van der Waals surface area (Å²) in [5.41, 5.74) is -1.33. The van der Waals surface area contributed by atoms with E-state index in [2.05, 4.69) is 6.58 Å². The summed E-state index contributed by atoms with van der Waals surface area (Å²) in [7, 11) is -3.45. The molecule has 0 saturated carbocycles. The van der Waals surface area contributed by atoms with Crippen molar-refractivity contribution in [2.45, 2.75) is 40.1 Å². The van der Waals surface area contributed by atoms with Crippen molar-refractivity contribution in [2.24, 2.45) is 0 Å². The Morgan fingerprint density at radius 2 is 1.57 bits per heavy atom. The first-order chi connectivity index (χ1) is 9.80. The Hall–Kier alpha value is -0.680. The maximum atomic E-state index is 13.2. The standard InChI is InChI=1S/C14H27O6P/c1-7-17-13(15)12(5)11-21(16,20-10-4)14(6,18-8-2)19-9-3/h5,7-11H2,1-4,6H3. The highest BCUT2D eigenvalue weighted by Gasteiger charge is 2.48. The van der Waals surface area contributed by atoms with Crippen LogP contribution in [0.3, 0.4) is 0 Å². The van der Waals surface area contributed by atoms with Crippen molar-refractivity contribution in [1.82, 2.24) is 0 Å². The van der Waals surface area contributed by atoms with Crippen LogP contribution >= 0.6 is 7.37 Å². The molecule has 0 aliphatic rings. The molecule has 1 unspecified atom stereocenters. The van der Waals surface area contributed by atoms with Gasteiger partial charge in [-0.25, -0.2) is 4.79 Å². The van der Waals surface area contributed by atoms with E-state index in [1.54, 1.807) is 34.6 Å². The van der Waals surface area contributed by atoms with Crippen LogP contribution in [0.4, 0.5) is 0 Å². The highest BCUT2D eigenvalue weighted by atomic mass is 31.2. The van der Waals surface area contributed by atoms with Gasteiger partial charge in [-0.2, -0.15) is 0 Å². The predicted molar refractivity (Wildman–Crippen MR) is 81.5 cm³/mol. The Morgan fingerprint density at radius 1 is 1.05 bits per heavy atom. The molecule has 0 fully saturated rings. The van der Waals surface area contributed by atoms with Gasteiger partial charge >= 0.3 is 5.97 Å². The summed E-state index contributed by atoms with van der Waals surface area (Å²) >= 11 is 0. The second-order valence-electron chi connectivity index (χ2n) is 4.34. The van der Waals surface area contributed by atoms with Crippen LogP contribution in [0, 0.1) is 0 Å². The Balaban J connectivity index is 5.33. The topological polar surface area (TPSA) is 71.1 Å². The van der Waals surface area contributed by atoms with Gasteiger partial charge in [0.15, 0.2) is 0 Å². The zero-order valence-corrected chi connectivity index (χ0v) is 14.5. The lowest BCUT2D eigenvalue weighted by Gasteiger charge is -2.36. The largest absolute Gasteiger partial charge is 0.463 e. The summed E-state index contributed by atoms with van der Waals surface area (Å²) in [4.78, 5) is 11.7. The zero-order chi connectivity index (χ0) is 16.5. The number of esters is 1. The smallest absolute Gasteiger partial charge is 0.333 e. The number of hydrogen-bond donors (Lipinski definition) is 0. The predicted octanol–water partition coefficient (Wildman–Crippen LogP) is 3.17. The highest BCUT2D eigenvalue weighted by Crippen LogP contribution is 2.61. The molecule has 1 atom stereocenters. The quantitative estimate of drug-likeness (QED) is 0.252. The van der Waals surface area contributed by atoms with Crippen molar-refractivity contribution in [3.05, 3.63) is 12.2 Å². The summed E-state index contributed by atoms with van der Waals surface area (Å²) in [6.07, 6.45) is -0.170. The lowest BCUT2D eigenvalue weighted by Crippen LogP contribution is -2.35. The van der Waals surface area contributed by atoms with Gasteiger partial charge in [-0.3, -0.25) is 4.57 Å². The molecule has 0 aliphatic heterocycles. The molecular weight excluding hydrogens is 295 g/mol. The fourth-order valence-electron chi connectivity index (χ4n) is 1.84. The molecule has 0 heterocycles. The summed E-state index contributed by atoms with van der Waals surface area (Å²) in [6.45, 7) is 13.2. The van der Waals surface area contributed by atoms with Crippen LogP contribution in [0.15, 0.2) is 12.2 Å². The molecule has 0 aromatic rings. The van der Waals surface area contributed by atoms with Crippen LogP contribution < -0.4 is 0 Å². The number of rotatable bonds is 11. The normalized spacial score (nSPS) is 14.5. The van der Waals surface area contributed by atoms with Crippen LogP contribution in [0.25, 0.3) is 0 Å². The third-order valence-electron chi connectivity index (χ3n) is 2.74. The van der Waals surface area contributed by atoms with Crippen molar-refractivity contribution in [3.63, 3.8) is 0 Å². The van der Waals surface area contributed by atoms with Crippen LogP contribution in [0.5, 0.6) is 0 Å². The van der Waals surface area contributed by atoms with E-state index in [9.17, 15) is 9.36 Å². The molecule has 0 aliphatic carbocycles. The number of carbonyl (C=O) groups is 1. The average Bonchev–Trinajstić information content (AvgIpc) is 2.39. The summed E-state index contributed by atoms with van der Waals surface area (Å²) in [5, 5.41) is 0. The van der Waals surface area contributed by atoms with Gasteiger partial charge in [-0.15, -0.1) is 0 Å². The summed E-state index contributed by atoms with van der Waals surface area (Å²) in [6, 6.07) is 0. The molecule has 0 N–H and O–H groups in total. The first-order valence-corrected chi connectivity index (χ1v) is 8.97. The number of ether oxygens (including phenoxy) is 3. The molecule has 0 spiro atoms. The van der Waals surface area contributed by atoms with E-state index in [1.165, 1.54) is 0 Å². The minimum atomic E-state index is -3.45. The lowest BCUT2D eigenvalue weighted by molar-refractivity contribution is -0.167. The first kappa shape index (κ1) is 20.3. The van der Waals surface area contributed by atoms with Crippen molar-refractivity contribution in [3.8, 4) is 0 Å². The molecule has 7 heteroatoms. The fourth-order valence-corrected chi connectivity index (χ4v) is 4.15. The Labute approximate surface area is 127 Å². The fraction of sp³-hybridized carbons (Fsp3) is 0.786. The second kappa shape index (κ2) is 9.36. The molecule has 124 valence electrons. The Morgan fingerprint density at radius 3 is 1.95 bits per heavy atom. The molecular formula is C14H27O6P. The molecule has 0 amide bonds. The molecule has 6 nitrogen and oxygen atoms in total. The third-order valence-corrected chi connectivity index (χ3v) is 5.71. The van der Waals surface area contributed by atoms with E-state index in [1.807, 2.05) is 0 Å². The molecule has 0 aromatic heterocycles. The van der Waals surface area contributed by atoms with Crippen LogP contribution in [-0.4, -0.2) is 44.1 Å². The minimum Gasteiger partial charge on any atom is -0.463 e. The molecule has 0 radical (unpaired) electrons. The van der Waals surface area contributed by atoms with Gasteiger partial charge in [0.05, 0.1) is 19.4 Å². The minimum absolute atomic E-state index is 0.0827. The van der Waals surface area contributed by atoms with E-state index in [0.29, 0.717) is 13.2 Å². The van der Waals surface area contributed by atoms with Gasteiger partial charge in [0.25, 0.3) is 7.37 Å². The molecule has 0 rings (SSSR count). The van der Waals surface area contributed by atoms with Crippen molar-refractivity contribution in [2.75, 3.05) is 32.6 Å². The van der Waals surface area contributed by atoms with E-state index in [0.717, 1.165) is 0 Å². The maximum Gasteiger partial charge on any atom is 0.333 e. The van der Waals surface area contributed by atoms with Crippen LogP contribution in [0.1, 0.15) is 34.6 Å². The van der Waals surface area contributed by atoms with E-state index < -0.39 is 18.9 Å². The zero-order valence-electron chi connectivity index (χ0n) is 13.6. The molecule has 21 heavy (non-hydrogen) atoms. The van der Waals surface area contributed by atoms with Gasteiger partial charge in [0, 0.05) is 18.8 Å². The monoisotopic (exact) mass is 322 g/mol. The van der Waals surface area contributed by atoms with Gasteiger partial charge in [0.1, 0.15) is 0 Å². The molecule has 0 aromatic carbocycles. The van der Waals surface area contributed by atoms with E-state index in [-0.39, 0.29) is 24.9 Å². The van der Waals surface area contributed by atoms with E-state index in [4.69, 9.17) is 18.7 Å². The van der Waals surface area contributed by atoms with Crippen molar-refractivity contribution < 1.29 is 28.1 Å². The Bertz CT molecular complexity index is 387. The maximum absolute atomic E-state index is 13.2. The van der Waals surface area contributed by atoms with E-state index >= 15 is 0 Å². The van der Waals surface area contributed by atoms with Gasteiger partial charge in [-0.05, 0) is 34.6 Å². The van der Waals surface area contributed by atoms with Gasteiger partial charge in [-0.1, -0.05) is 6.58 Å². The van der Waals surface area contributed by atoms with Gasteiger partial charge < -0.3 is 18.7 Å². The van der Waals surface area contributed by atoms with Crippen LogP contribution in [0.2, 0.25) is 0 Å². The Kier molecular flexibility index (Phi) is 9.06. The second-order valence-corrected chi connectivity index (χ2v) is 7.07.